The molecular formula is C19H27NO4. The third-order valence-electron chi connectivity index (χ3n) is 3.19. The molecule has 0 spiro atoms. The molecule has 0 bridgehead atoms. The van der Waals surface area contributed by atoms with Gasteiger partial charge in [-0.15, -0.1) is 6.58 Å². The van der Waals surface area contributed by atoms with Gasteiger partial charge in [-0.05, 0) is 33.3 Å². The van der Waals surface area contributed by atoms with Crippen molar-refractivity contribution < 1.29 is 19.1 Å². The fourth-order valence-corrected chi connectivity index (χ4v) is 2.08. The van der Waals surface area contributed by atoms with Gasteiger partial charge < -0.3 is 9.47 Å². The Morgan fingerprint density at radius 2 is 1.88 bits per heavy atom. The Morgan fingerprint density at radius 3 is 2.38 bits per heavy atom. The number of carbonyl (C=O) groups is 2. The normalized spacial score (nSPS) is 12.3. The zero-order chi connectivity index (χ0) is 18.2. The standard InChI is InChI=1S/C19H27NO4/c1-6-12-20(18(22)24-19(3,4)5)17(15(2)21)14-23-13-16-10-8-7-9-11-16/h6-11,17H,1,12-14H2,2-5H3/t17-/m1/s1. The van der Waals surface area contributed by atoms with E-state index in [-0.39, 0.29) is 18.9 Å². The minimum absolute atomic E-state index is 0.108. The number of amides is 1. The summed E-state index contributed by atoms with van der Waals surface area (Å²) in [6.07, 6.45) is 1.02. The van der Waals surface area contributed by atoms with Gasteiger partial charge in [0.25, 0.3) is 0 Å². The third-order valence-corrected chi connectivity index (χ3v) is 3.19. The van der Waals surface area contributed by atoms with Gasteiger partial charge in [-0.25, -0.2) is 4.79 Å². The molecule has 0 N–H and O–H groups in total. The maximum atomic E-state index is 12.4. The van der Waals surface area contributed by atoms with Crippen molar-refractivity contribution in [3.05, 3.63) is 48.6 Å². The van der Waals surface area contributed by atoms with Crippen LogP contribution in [0, 0.1) is 0 Å². The summed E-state index contributed by atoms with van der Waals surface area (Å²) in [6, 6.07) is 8.95. The lowest BCUT2D eigenvalue weighted by molar-refractivity contribution is -0.124. The van der Waals surface area contributed by atoms with Gasteiger partial charge in [-0.1, -0.05) is 36.4 Å². The van der Waals surface area contributed by atoms with E-state index in [2.05, 4.69) is 6.58 Å². The Labute approximate surface area is 144 Å². The van der Waals surface area contributed by atoms with E-state index in [0.29, 0.717) is 6.61 Å². The van der Waals surface area contributed by atoms with Gasteiger partial charge in [0.05, 0.1) is 13.2 Å². The summed E-state index contributed by atoms with van der Waals surface area (Å²) < 4.78 is 11.0. The molecule has 1 amide bonds. The molecule has 0 aliphatic rings. The van der Waals surface area contributed by atoms with Crippen molar-refractivity contribution in [1.82, 2.24) is 4.90 Å². The van der Waals surface area contributed by atoms with Crippen molar-refractivity contribution >= 4 is 11.9 Å². The summed E-state index contributed by atoms with van der Waals surface area (Å²) >= 11 is 0. The smallest absolute Gasteiger partial charge is 0.411 e. The van der Waals surface area contributed by atoms with Crippen LogP contribution in [0.2, 0.25) is 0 Å². The van der Waals surface area contributed by atoms with Crippen LogP contribution in [0.1, 0.15) is 33.3 Å². The lowest BCUT2D eigenvalue weighted by atomic mass is 10.1. The van der Waals surface area contributed by atoms with Gasteiger partial charge in [0, 0.05) is 6.54 Å². The first-order valence-electron chi connectivity index (χ1n) is 7.97. The van der Waals surface area contributed by atoms with Crippen LogP contribution in [-0.4, -0.2) is 41.6 Å². The molecule has 0 heterocycles. The number of hydrogen-bond acceptors (Lipinski definition) is 4. The van der Waals surface area contributed by atoms with E-state index in [0.717, 1.165) is 5.56 Å². The summed E-state index contributed by atoms with van der Waals surface area (Å²) in [4.78, 5) is 25.7. The average Bonchev–Trinajstić information content (AvgIpc) is 2.49. The molecule has 1 atom stereocenters. The number of benzene rings is 1. The molecule has 5 heteroatoms. The molecule has 0 aliphatic heterocycles. The first-order chi connectivity index (χ1) is 11.2. The summed E-state index contributed by atoms with van der Waals surface area (Å²) in [5.74, 6) is -0.157. The van der Waals surface area contributed by atoms with Crippen LogP contribution in [-0.2, 0) is 20.9 Å². The minimum Gasteiger partial charge on any atom is -0.444 e. The highest BCUT2D eigenvalue weighted by Gasteiger charge is 2.30. The van der Waals surface area contributed by atoms with E-state index in [1.165, 1.54) is 11.8 Å². The molecule has 132 valence electrons. The van der Waals surface area contributed by atoms with Crippen LogP contribution in [0.3, 0.4) is 0 Å². The van der Waals surface area contributed by atoms with Crippen LogP contribution < -0.4 is 0 Å². The summed E-state index contributed by atoms with van der Waals surface area (Å²) in [7, 11) is 0. The number of nitrogens with zero attached hydrogens (tertiary/aromatic N) is 1. The maximum Gasteiger partial charge on any atom is 0.411 e. The predicted octanol–water partition coefficient (Wildman–Crippen LogP) is 3.58. The fourth-order valence-electron chi connectivity index (χ4n) is 2.08. The molecule has 0 radical (unpaired) electrons. The van der Waals surface area contributed by atoms with Gasteiger partial charge in [0.2, 0.25) is 0 Å². The molecule has 0 saturated carbocycles. The molecule has 0 aromatic heterocycles. The number of ketones is 1. The second-order valence-electron chi connectivity index (χ2n) is 6.55. The Morgan fingerprint density at radius 1 is 1.25 bits per heavy atom. The van der Waals surface area contributed by atoms with E-state index in [1.54, 1.807) is 26.8 Å². The third kappa shape index (κ3) is 6.96. The average molecular weight is 333 g/mol. The van der Waals surface area contributed by atoms with Gasteiger partial charge in [0.15, 0.2) is 5.78 Å². The Hall–Kier alpha value is -2.14. The van der Waals surface area contributed by atoms with Gasteiger partial charge >= 0.3 is 6.09 Å². The number of rotatable bonds is 8. The van der Waals surface area contributed by atoms with Crippen molar-refractivity contribution in [3.8, 4) is 0 Å². The monoisotopic (exact) mass is 333 g/mol. The number of Topliss-reactive ketones (excluding diaryl/α,β-unsaturated/α-hetero) is 1. The Balaban J connectivity index is 2.75. The van der Waals surface area contributed by atoms with Crippen molar-refractivity contribution in [1.29, 1.82) is 0 Å². The van der Waals surface area contributed by atoms with E-state index >= 15 is 0 Å². The first-order valence-corrected chi connectivity index (χ1v) is 7.97. The highest BCUT2D eigenvalue weighted by molar-refractivity contribution is 5.85. The Bertz CT molecular complexity index is 548. The second-order valence-corrected chi connectivity index (χ2v) is 6.55. The first kappa shape index (κ1) is 19.9. The van der Waals surface area contributed by atoms with Gasteiger partial charge in [0.1, 0.15) is 11.6 Å². The minimum atomic E-state index is -0.707. The van der Waals surface area contributed by atoms with Crippen LogP contribution >= 0.6 is 0 Å². The van der Waals surface area contributed by atoms with E-state index < -0.39 is 17.7 Å². The zero-order valence-electron chi connectivity index (χ0n) is 15.0. The molecule has 1 aromatic carbocycles. The molecule has 0 saturated heterocycles. The molecule has 0 fully saturated rings. The largest absolute Gasteiger partial charge is 0.444 e. The highest BCUT2D eigenvalue weighted by Crippen LogP contribution is 2.13. The molecule has 1 aromatic rings. The second kappa shape index (κ2) is 9.23. The SMILES string of the molecule is C=CCN(C(=O)OC(C)(C)C)[C@H](COCc1ccccc1)C(C)=O. The molecule has 0 unspecified atom stereocenters. The topological polar surface area (TPSA) is 55.8 Å². The van der Waals surface area contributed by atoms with E-state index in [1.807, 2.05) is 30.3 Å². The molecular weight excluding hydrogens is 306 g/mol. The highest BCUT2D eigenvalue weighted by atomic mass is 16.6. The van der Waals surface area contributed by atoms with Crippen LogP contribution in [0.4, 0.5) is 4.79 Å². The zero-order valence-corrected chi connectivity index (χ0v) is 15.0. The van der Waals surface area contributed by atoms with Gasteiger partial charge in [-0.3, -0.25) is 9.69 Å². The summed E-state index contributed by atoms with van der Waals surface area (Å²) in [6.45, 7) is 11.1. The van der Waals surface area contributed by atoms with E-state index in [9.17, 15) is 9.59 Å². The lowest BCUT2D eigenvalue weighted by Crippen LogP contribution is -2.48. The van der Waals surface area contributed by atoms with Crippen molar-refractivity contribution in [2.45, 2.75) is 45.9 Å². The van der Waals surface area contributed by atoms with E-state index in [4.69, 9.17) is 9.47 Å². The number of hydrogen-bond donors (Lipinski definition) is 0. The van der Waals surface area contributed by atoms with Crippen molar-refractivity contribution in [2.24, 2.45) is 0 Å². The molecule has 1 rings (SSSR count). The molecule has 0 aliphatic carbocycles. The fraction of sp³-hybridized carbons (Fsp3) is 0.474. The number of ether oxygens (including phenoxy) is 2. The number of carbonyl (C=O) groups excluding carboxylic acids is 2. The van der Waals surface area contributed by atoms with Gasteiger partial charge in [-0.2, -0.15) is 0 Å². The summed E-state index contributed by atoms with van der Waals surface area (Å²) in [5, 5.41) is 0. The van der Waals surface area contributed by atoms with Crippen molar-refractivity contribution in [3.63, 3.8) is 0 Å². The van der Waals surface area contributed by atoms with Crippen LogP contribution in [0.5, 0.6) is 0 Å². The van der Waals surface area contributed by atoms with Crippen molar-refractivity contribution in [2.75, 3.05) is 13.2 Å². The quantitative estimate of drug-likeness (QED) is 0.682. The predicted molar refractivity (Wildman–Crippen MR) is 93.7 cm³/mol. The molecule has 24 heavy (non-hydrogen) atoms. The van der Waals surface area contributed by atoms with Crippen LogP contribution in [0.25, 0.3) is 0 Å². The maximum absolute atomic E-state index is 12.4. The lowest BCUT2D eigenvalue weighted by Gasteiger charge is -2.31. The van der Waals surface area contributed by atoms with Crippen LogP contribution in [0.15, 0.2) is 43.0 Å². The Kier molecular flexibility index (Phi) is 7.65. The molecule has 5 nitrogen and oxygen atoms in total. The summed E-state index contributed by atoms with van der Waals surface area (Å²) in [5.41, 5.74) is 0.371.